The van der Waals surface area contributed by atoms with Gasteiger partial charge in [0.15, 0.2) is 5.16 Å². The number of aromatic nitrogens is 3. The van der Waals surface area contributed by atoms with Gasteiger partial charge in [-0.3, -0.25) is 4.79 Å². The Hall–Kier alpha value is -3.07. The molecule has 0 unspecified atom stereocenters. The number of halogens is 2. The second-order valence-electron chi connectivity index (χ2n) is 5.66. The summed E-state index contributed by atoms with van der Waals surface area (Å²) < 4.78 is 29.1. The number of fused-ring (bicyclic) bond motifs is 2. The first-order valence-corrected chi connectivity index (χ1v) is 8.81. The Morgan fingerprint density at radius 2 is 2.15 bits per heavy atom. The van der Waals surface area contributed by atoms with Crippen LogP contribution in [-0.2, 0) is 0 Å². The number of H-pyrrole nitrogens is 2. The number of hydrogen-bond acceptors (Lipinski definition) is 4. The Kier molecular flexibility index (Phi) is 4.44. The van der Waals surface area contributed by atoms with Gasteiger partial charge < -0.3 is 20.0 Å². The fraction of sp³-hybridized carbons (Fsp3) is 0.111. The van der Waals surface area contributed by atoms with E-state index in [1.165, 1.54) is 23.9 Å². The van der Waals surface area contributed by atoms with E-state index >= 15 is 0 Å². The molecule has 0 aliphatic rings. The molecular formula is C18H14F2N4O2S. The number of ether oxygens (including phenoxy) is 1. The van der Waals surface area contributed by atoms with Gasteiger partial charge in [0.2, 0.25) is 0 Å². The molecule has 0 aliphatic carbocycles. The Balaban J connectivity index is 1.67. The smallest absolute Gasteiger partial charge is 0.387 e. The minimum atomic E-state index is -2.88. The number of hydrogen-bond donors (Lipinski definition) is 3. The summed E-state index contributed by atoms with van der Waals surface area (Å²) in [6.45, 7) is -2.88. The zero-order valence-corrected chi connectivity index (χ0v) is 14.9. The molecular weight excluding hydrogens is 374 g/mol. The van der Waals surface area contributed by atoms with Crippen LogP contribution in [-0.4, -0.2) is 34.5 Å². The van der Waals surface area contributed by atoms with Crippen LogP contribution in [0.25, 0.3) is 21.9 Å². The first-order valence-electron chi connectivity index (χ1n) is 8.00. The van der Waals surface area contributed by atoms with E-state index in [2.05, 4.69) is 25.0 Å². The second kappa shape index (κ2) is 6.92. The number of para-hydroxylation sites is 1. The third kappa shape index (κ3) is 3.33. The first-order chi connectivity index (χ1) is 13.0. The van der Waals surface area contributed by atoms with Crippen molar-refractivity contribution in [3.8, 4) is 5.75 Å². The van der Waals surface area contributed by atoms with E-state index in [1.54, 1.807) is 25.4 Å². The van der Waals surface area contributed by atoms with Gasteiger partial charge in [0.1, 0.15) is 5.75 Å². The predicted molar refractivity (Wildman–Crippen MR) is 98.5 cm³/mol. The molecule has 4 aromatic rings. The van der Waals surface area contributed by atoms with Gasteiger partial charge in [-0.25, -0.2) is 4.98 Å². The van der Waals surface area contributed by atoms with Crippen LogP contribution in [0.15, 0.2) is 52.6 Å². The number of aromatic amines is 2. The average molecular weight is 388 g/mol. The fourth-order valence-corrected chi connectivity index (χ4v) is 3.74. The van der Waals surface area contributed by atoms with Gasteiger partial charge in [0, 0.05) is 29.6 Å². The Morgan fingerprint density at radius 1 is 1.30 bits per heavy atom. The molecule has 2 aromatic carbocycles. The van der Waals surface area contributed by atoms with Crippen LogP contribution in [0.3, 0.4) is 0 Å². The number of amides is 1. The van der Waals surface area contributed by atoms with Crippen LogP contribution in [0.2, 0.25) is 0 Å². The molecule has 0 radical (unpaired) electrons. The van der Waals surface area contributed by atoms with E-state index in [9.17, 15) is 13.6 Å². The molecule has 2 heterocycles. The highest BCUT2D eigenvalue weighted by Crippen LogP contribution is 2.34. The lowest BCUT2D eigenvalue weighted by atomic mass is 10.1. The van der Waals surface area contributed by atoms with Gasteiger partial charge in [-0.05, 0) is 30.0 Å². The number of nitrogens with one attached hydrogen (secondary N) is 3. The molecule has 0 saturated heterocycles. The standard InChI is InChI=1S/C18H14F2N4O2S/c1-21-16(25)11-4-2-3-10-14(8-22-15(10)11)27-18-23-12-6-5-9(26-17(19)20)7-13(12)24-18/h2-8,17,22H,1H3,(H,21,25)(H,23,24). The van der Waals surface area contributed by atoms with Crippen molar-refractivity contribution in [2.75, 3.05) is 7.05 Å². The summed E-state index contributed by atoms with van der Waals surface area (Å²) in [5, 5.41) is 4.11. The lowest BCUT2D eigenvalue weighted by Gasteiger charge is -2.02. The van der Waals surface area contributed by atoms with Crippen molar-refractivity contribution in [1.29, 1.82) is 0 Å². The number of carbonyl (C=O) groups excluding carboxylic acids is 1. The highest BCUT2D eigenvalue weighted by atomic mass is 32.2. The molecule has 3 N–H and O–H groups in total. The molecule has 9 heteroatoms. The number of rotatable bonds is 5. The van der Waals surface area contributed by atoms with Crippen LogP contribution in [0.4, 0.5) is 8.78 Å². The van der Waals surface area contributed by atoms with Crippen molar-refractivity contribution in [2.45, 2.75) is 16.7 Å². The normalized spacial score (nSPS) is 11.4. The average Bonchev–Trinajstić information content (AvgIpc) is 3.24. The molecule has 2 aromatic heterocycles. The SMILES string of the molecule is CNC(=O)c1cccc2c(Sc3nc4ccc(OC(F)F)cc4[nH]3)c[nH]c12. The van der Waals surface area contributed by atoms with Crippen molar-refractivity contribution in [3.63, 3.8) is 0 Å². The monoisotopic (exact) mass is 388 g/mol. The lowest BCUT2D eigenvalue weighted by molar-refractivity contribution is -0.0497. The highest BCUT2D eigenvalue weighted by molar-refractivity contribution is 7.99. The number of alkyl halides is 2. The summed E-state index contributed by atoms with van der Waals surface area (Å²) in [5.74, 6) is -0.102. The van der Waals surface area contributed by atoms with Gasteiger partial charge in [-0.2, -0.15) is 8.78 Å². The molecule has 0 bridgehead atoms. The minimum Gasteiger partial charge on any atom is -0.435 e. The molecule has 6 nitrogen and oxygen atoms in total. The maximum atomic E-state index is 12.4. The van der Waals surface area contributed by atoms with Crippen LogP contribution < -0.4 is 10.1 Å². The summed E-state index contributed by atoms with van der Waals surface area (Å²) in [6, 6.07) is 10.0. The molecule has 27 heavy (non-hydrogen) atoms. The van der Waals surface area contributed by atoms with Gasteiger partial charge >= 0.3 is 6.61 Å². The molecule has 4 rings (SSSR count). The third-order valence-electron chi connectivity index (χ3n) is 4.01. The van der Waals surface area contributed by atoms with Crippen LogP contribution in [0.1, 0.15) is 10.4 Å². The molecule has 1 amide bonds. The maximum absolute atomic E-state index is 12.4. The minimum absolute atomic E-state index is 0.0695. The van der Waals surface area contributed by atoms with Gasteiger partial charge in [-0.1, -0.05) is 12.1 Å². The molecule has 0 atom stereocenters. The zero-order valence-electron chi connectivity index (χ0n) is 14.0. The van der Waals surface area contributed by atoms with Crippen molar-refractivity contribution < 1.29 is 18.3 Å². The van der Waals surface area contributed by atoms with Crippen molar-refractivity contribution in [2.24, 2.45) is 0 Å². The second-order valence-corrected chi connectivity index (χ2v) is 6.69. The fourth-order valence-electron chi connectivity index (χ4n) is 2.83. The maximum Gasteiger partial charge on any atom is 0.387 e. The zero-order chi connectivity index (χ0) is 19.0. The van der Waals surface area contributed by atoms with E-state index in [1.807, 2.05) is 12.1 Å². The molecule has 138 valence electrons. The van der Waals surface area contributed by atoms with Crippen molar-refractivity contribution in [1.82, 2.24) is 20.3 Å². The van der Waals surface area contributed by atoms with E-state index < -0.39 is 6.61 Å². The van der Waals surface area contributed by atoms with Crippen LogP contribution >= 0.6 is 11.8 Å². The van der Waals surface area contributed by atoms with Gasteiger partial charge in [-0.15, -0.1) is 0 Å². The van der Waals surface area contributed by atoms with Crippen LogP contribution in [0, 0.1) is 0 Å². The first kappa shape index (κ1) is 17.3. The Bertz CT molecular complexity index is 1140. The highest BCUT2D eigenvalue weighted by Gasteiger charge is 2.14. The largest absolute Gasteiger partial charge is 0.435 e. The number of nitrogens with zero attached hydrogens (tertiary/aromatic N) is 1. The van der Waals surface area contributed by atoms with E-state index in [4.69, 9.17) is 0 Å². The molecule has 0 spiro atoms. The van der Waals surface area contributed by atoms with Crippen molar-refractivity contribution in [3.05, 3.63) is 48.2 Å². The van der Waals surface area contributed by atoms with Gasteiger partial charge in [0.05, 0.1) is 22.1 Å². The number of benzene rings is 2. The van der Waals surface area contributed by atoms with E-state index in [0.717, 1.165) is 15.8 Å². The summed E-state index contributed by atoms with van der Waals surface area (Å²) in [5.41, 5.74) is 2.54. The van der Waals surface area contributed by atoms with Crippen LogP contribution in [0.5, 0.6) is 5.75 Å². The summed E-state index contributed by atoms with van der Waals surface area (Å²) >= 11 is 1.38. The Morgan fingerprint density at radius 3 is 2.93 bits per heavy atom. The Labute approximate surface area is 156 Å². The lowest BCUT2D eigenvalue weighted by Crippen LogP contribution is -2.17. The summed E-state index contributed by atoms with van der Waals surface area (Å²) in [7, 11) is 1.58. The quantitative estimate of drug-likeness (QED) is 0.480. The predicted octanol–water partition coefficient (Wildman–Crippen LogP) is 4.16. The van der Waals surface area contributed by atoms with Crippen molar-refractivity contribution >= 4 is 39.6 Å². The number of carbonyl (C=O) groups is 1. The molecule has 0 aliphatic heterocycles. The van der Waals surface area contributed by atoms with E-state index in [-0.39, 0.29) is 11.7 Å². The van der Waals surface area contributed by atoms with E-state index in [0.29, 0.717) is 21.8 Å². The summed E-state index contributed by atoms with van der Waals surface area (Å²) in [6.07, 6.45) is 1.81. The molecule has 0 saturated carbocycles. The topological polar surface area (TPSA) is 82.8 Å². The summed E-state index contributed by atoms with van der Waals surface area (Å²) in [4.78, 5) is 23.6. The number of imidazole rings is 1. The molecule has 0 fully saturated rings. The van der Waals surface area contributed by atoms with Gasteiger partial charge in [0.25, 0.3) is 5.91 Å². The third-order valence-corrected chi connectivity index (χ3v) is 4.96.